The first kappa shape index (κ1) is 21.2. The van der Waals surface area contributed by atoms with E-state index in [1.54, 1.807) is 0 Å². The molecule has 0 spiro atoms. The molecule has 1 atom stereocenters. The Kier molecular flexibility index (Phi) is 8.52. The predicted octanol–water partition coefficient (Wildman–Crippen LogP) is 4.45. The monoisotopic (exact) mass is 386 g/mol. The van der Waals surface area contributed by atoms with Crippen LogP contribution in [0.5, 0.6) is 5.75 Å². The molecule has 27 heavy (non-hydrogen) atoms. The molecule has 0 unspecified atom stereocenters. The molecule has 1 aromatic heterocycles. The van der Waals surface area contributed by atoms with Gasteiger partial charge >= 0.3 is 0 Å². The smallest absolute Gasteiger partial charge is 0.131 e. The number of para-hydroxylation sites is 1. The number of pyridine rings is 1. The average Bonchev–Trinajstić information content (AvgIpc) is 2.70. The van der Waals surface area contributed by atoms with Crippen LogP contribution in [0, 0.1) is 0 Å². The summed E-state index contributed by atoms with van der Waals surface area (Å²) >= 11 is 0. The van der Waals surface area contributed by atoms with Crippen LogP contribution in [0.1, 0.15) is 19.8 Å². The molecule has 0 aliphatic carbocycles. The standard InChI is InChI=1S/C22H26N2O2.ClH/c1-2-3-13-23-15-18(25)16-26-22-14-21(17-9-5-4-6-10-17)24-20-12-8-7-11-19(20)22;/h4-12,14,18,23,25H,2-3,13,15-16H2,1H3;1H/t18-;/m0./s1. The summed E-state index contributed by atoms with van der Waals surface area (Å²) in [4.78, 5) is 4.75. The Morgan fingerprint density at radius 3 is 2.59 bits per heavy atom. The maximum absolute atomic E-state index is 10.2. The third kappa shape index (κ3) is 5.93. The number of halogens is 1. The number of benzene rings is 2. The van der Waals surface area contributed by atoms with E-state index >= 15 is 0 Å². The number of fused-ring (bicyclic) bond motifs is 1. The molecule has 0 radical (unpaired) electrons. The molecular weight excluding hydrogens is 360 g/mol. The summed E-state index contributed by atoms with van der Waals surface area (Å²) in [5.74, 6) is 0.752. The van der Waals surface area contributed by atoms with Gasteiger partial charge in [-0.1, -0.05) is 55.8 Å². The van der Waals surface area contributed by atoms with E-state index in [-0.39, 0.29) is 19.0 Å². The molecule has 2 aromatic carbocycles. The largest absolute Gasteiger partial charge is 0.490 e. The first-order valence-electron chi connectivity index (χ1n) is 9.24. The van der Waals surface area contributed by atoms with Crippen molar-refractivity contribution in [1.82, 2.24) is 10.3 Å². The van der Waals surface area contributed by atoms with Gasteiger partial charge in [-0.3, -0.25) is 0 Å². The van der Waals surface area contributed by atoms with Crippen LogP contribution in [0.4, 0.5) is 0 Å². The van der Waals surface area contributed by atoms with Crippen LogP contribution in [0.25, 0.3) is 22.2 Å². The number of nitrogens with zero attached hydrogens (tertiary/aromatic N) is 1. The lowest BCUT2D eigenvalue weighted by Crippen LogP contribution is -2.32. The number of rotatable bonds is 9. The first-order chi connectivity index (χ1) is 12.8. The summed E-state index contributed by atoms with van der Waals surface area (Å²) in [6, 6.07) is 19.9. The summed E-state index contributed by atoms with van der Waals surface area (Å²) < 4.78 is 5.97. The molecule has 0 aliphatic heterocycles. The molecule has 5 heteroatoms. The zero-order valence-electron chi connectivity index (χ0n) is 15.6. The Balaban J connectivity index is 0.00000261. The van der Waals surface area contributed by atoms with E-state index in [4.69, 9.17) is 9.72 Å². The van der Waals surface area contributed by atoms with Gasteiger partial charge in [0.25, 0.3) is 0 Å². The molecule has 0 aliphatic rings. The number of aromatic nitrogens is 1. The molecule has 3 rings (SSSR count). The van der Waals surface area contributed by atoms with Crippen molar-refractivity contribution in [3.63, 3.8) is 0 Å². The number of nitrogens with one attached hydrogen (secondary N) is 1. The second-order valence-corrected chi connectivity index (χ2v) is 6.41. The zero-order valence-corrected chi connectivity index (χ0v) is 16.4. The third-order valence-electron chi connectivity index (χ3n) is 4.27. The van der Waals surface area contributed by atoms with E-state index in [9.17, 15) is 5.11 Å². The van der Waals surface area contributed by atoms with E-state index in [0.29, 0.717) is 6.54 Å². The maximum atomic E-state index is 10.2. The van der Waals surface area contributed by atoms with Crippen LogP contribution in [-0.2, 0) is 0 Å². The molecule has 0 bridgehead atoms. The number of aliphatic hydroxyl groups excluding tert-OH is 1. The molecule has 1 heterocycles. The van der Waals surface area contributed by atoms with Gasteiger partial charge in [-0.05, 0) is 25.1 Å². The summed E-state index contributed by atoms with van der Waals surface area (Å²) in [7, 11) is 0. The van der Waals surface area contributed by atoms with Gasteiger partial charge in [0.2, 0.25) is 0 Å². The lowest BCUT2D eigenvalue weighted by atomic mass is 10.1. The van der Waals surface area contributed by atoms with Crippen LogP contribution in [0.15, 0.2) is 60.7 Å². The quantitative estimate of drug-likeness (QED) is 0.533. The summed E-state index contributed by atoms with van der Waals surface area (Å²) in [6.07, 6.45) is 1.72. The first-order valence-corrected chi connectivity index (χ1v) is 9.24. The normalized spacial score (nSPS) is 11.8. The second-order valence-electron chi connectivity index (χ2n) is 6.41. The van der Waals surface area contributed by atoms with Crippen molar-refractivity contribution in [2.45, 2.75) is 25.9 Å². The minimum Gasteiger partial charge on any atom is -0.490 e. The molecule has 3 aromatic rings. The maximum Gasteiger partial charge on any atom is 0.131 e. The fourth-order valence-corrected chi connectivity index (χ4v) is 2.84. The van der Waals surface area contributed by atoms with Gasteiger partial charge in [0.1, 0.15) is 18.5 Å². The summed E-state index contributed by atoms with van der Waals surface area (Å²) in [5, 5.41) is 14.4. The van der Waals surface area contributed by atoms with Gasteiger partial charge in [-0.25, -0.2) is 4.98 Å². The van der Waals surface area contributed by atoms with Crippen LogP contribution in [0.2, 0.25) is 0 Å². The Bertz CT molecular complexity index is 827. The highest BCUT2D eigenvalue weighted by Crippen LogP contribution is 2.30. The number of unbranched alkanes of at least 4 members (excludes halogenated alkanes) is 1. The third-order valence-corrected chi connectivity index (χ3v) is 4.27. The predicted molar refractivity (Wildman–Crippen MR) is 114 cm³/mol. The molecule has 0 saturated carbocycles. The van der Waals surface area contributed by atoms with Gasteiger partial charge in [-0.2, -0.15) is 0 Å². The lowest BCUT2D eigenvalue weighted by Gasteiger charge is -2.15. The zero-order chi connectivity index (χ0) is 18.2. The Morgan fingerprint density at radius 2 is 1.81 bits per heavy atom. The number of hydrogen-bond acceptors (Lipinski definition) is 4. The van der Waals surface area contributed by atoms with Crippen molar-refractivity contribution in [3.05, 3.63) is 60.7 Å². The minimum absolute atomic E-state index is 0. The van der Waals surface area contributed by atoms with Crippen LogP contribution in [-0.4, -0.2) is 35.9 Å². The molecule has 144 valence electrons. The van der Waals surface area contributed by atoms with Crippen molar-refractivity contribution in [1.29, 1.82) is 0 Å². The molecule has 0 saturated heterocycles. The molecule has 0 amide bonds. The van der Waals surface area contributed by atoms with Crippen molar-refractivity contribution >= 4 is 23.3 Å². The number of aliphatic hydroxyl groups is 1. The van der Waals surface area contributed by atoms with E-state index in [1.165, 1.54) is 0 Å². The fourth-order valence-electron chi connectivity index (χ4n) is 2.84. The van der Waals surface area contributed by atoms with E-state index in [1.807, 2.05) is 60.7 Å². The average molecular weight is 387 g/mol. The SMILES string of the molecule is CCCCNC[C@H](O)COc1cc(-c2ccccc2)nc2ccccc12.Cl. The highest BCUT2D eigenvalue weighted by atomic mass is 35.5. The highest BCUT2D eigenvalue weighted by Gasteiger charge is 2.11. The van der Waals surface area contributed by atoms with Crippen LogP contribution in [0.3, 0.4) is 0 Å². The van der Waals surface area contributed by atoms with Gasteiger partial charge in [0.15, 0.2) is 0 Å². The van der Waals surface area contributed by atoms with Gasteiger partial charge < -0.3 is 15.2 Å². The van der Waals surface area contributed by atoms with Crippen molar-refractivity contribution in [3.8, 4) is 17.0 Å². The van der Waals surface area contributed by atoms with Gasteiger partial charge in [-0.15, -0.1) is 12.4 Å². The number of ether oxygens (including phenoxy) is 1. The Labute approximate surface area is 167 Å². The van der Waals surface area contributed by atoms with Crippen molar-refractivity contribution < 1.29 is 9.84 Å². The highest BCUT2D eigenvalue weighted by molar-refractivity contribution is 5.87. The van der Waals surface area contributed by atoms with E-state index in [0.717, 1.165) is 47.3 Å². The molecule has 0 fully saturated rings. The Hall–Kier alpha value is -2.14. The van der Waals surface area contributed by atoms with Crippen molar-refractivity contribution in [2.75, 3.05) is 19.7 Å². The lowest BCUT2D eigenvalue weighted by molar-refractivity contribution is 0.107. The second kappa shape index (κ2) is 10.9. The van der Waals surface area contributed by atoms with Gasteiger partial charge in [0.05, 0.1) is 11.2 Å². The fraction of sp³-hybridized carbons (Fsp3) is 0.318. The molecular formula is C22H27ClN2O2. The molecule has 4 nitrogen and oxygen atoms in total. The minimum atomic E-state index is -0.543. The Morgan fingerprint density at radius 1 is 1.07 bits per heavy atom. The van der Waals surface area contributed by atoms with Crippen LogP contribution >= 0.6 is 12.4 Å². The topological polar surface area (TPSA) is 54.4 Å². The summed E-state index contributed by atoms with van der Waals surface area (Å²) in [6.45, 7) is 3.86. The van der Waals surface area contributed by atoms with Crippen LogP contribution < -0.4 is 10.1 Å². The number of hydrogen-bond donors (Lipinski definition) is 2. The van der Waals surface area contributed by atoms with Gasteiger partial charge in [0, 0.05) is 23.6 Å². The van der Waals surface area contributed by atoms with Crippen molar-refractivity contribution in [2.24, 2.45) is 0 Å². The van der Waals surface area contributed by atoms with E-state index < -0.39 is 6.10 Å². The van der Waals surface area contributed by atoms with E-state index in [2.05, 4.69) is 12.2 Å². The molecule has 2 N–H and O–H groups in total. The summed E-state index contributed by atoms with van der Waals surface area (Å²) in [5.41, 5.74) is 2.80.